The largest absolute Gasteiger partial charge is 0.356 e. The maximum atomic E-state index is 11.9. The number of benzene rings is 2. The van der Waals surface area contributed by atoms with Crippen molar-refractivity contribution in [1.82, 2.24) is 10.6 Å². The molecule has 2 aromatic rings. The lowest BCUT2D eigenvalue weighted by Crippen LogP contribution is -2.31. The van der Waals surface area contributed by atoms with Crippen LogP contribution in [0, 0.1) is 10.1 Å². The van der Waals surface area contributed by atoms with E-state index in [0.29, 0.717) is 28.6 Å². The van der Waals surface area contributed by atoms with Crippen LogP contribution < -0.4 is 10.6 Å². The molecular weight excluding hydrogens is 393 g/mol. The van der Waals surface area contributed by atoms with Gasteiger partial charge in [0.1, 0.15) is 0 Å². The second-order valence-electron chi connectivity index (χ2n) is 5.65. The number of hydrogen-bond donors (Lipinski definition) is 2. The van der Waals surface area contributed by atoms with Crippen LogP contribution in [0.2, 0.25) is 10.0 Å². The standard InChI is InChI=1S/C18H17Cl2N3O4/c19-14-4-1-12(16(20)11-14)7-9-21-17(24)8-10-22-18(25)13-2-5-15(6-3-13)23(26)27/h1-6,11H,7-10H2,(H,21,24)(H,22,25). The summed E-state index contributed by atoms with van der Waals surface area (Å²) in [5, 5.41) is 17.0. The molecule has 27 heavy (non-hydrogen) atoms. The minimum atomic E-state index is -0.538. The van der Waals surface area contributed by atoms with E-state index in [1.165, 1.54) is 24.3 Å². The van der Waals surface area contributed by atoms with Crippen LogP contribution in [0.5, 0.6) is 0 Å². The zero-order valence-electron chi connectivity index (χ0n) is 14.2. The zero-order chi connectivity index (χ0) is 19.8. The molecule has 0 saturated heterocycles. The zero-order valence-corrected chi connectivity index (χ0v) is 15.7. The number of nitrogens with one attached hydrogen (secondary N) is 2. The van der Waals surface area contributed by atoms with Gasteiger partial charge in [0.05, 0.1) is 4.92 Å². The van der Waals surface area contributed by atoms with Crippen molar-refractivity contribution in [2.75, 3.05) is 13.1 Å². The summed E-state index contributed by atoms with van der Waals surface area (Å²) in [6.45, 7) is 0.569. The molecule has 0 fully saturated rings. The van der Waals surface area contributed by atoms with Crippen molar-refractivity contribution in [3.63, 3.8) is 0 Å². The van der Waals surface area contributed by atoms with Crippen LogP contribution in [-0.4, -0.2) is 29.8 Å². The molecule has 0 heterocycles. The van der Waals surface area contributed by atoms with Crippen LogP contribution in [0.4, 0.5) is 5.69 Å². The fourth-order valence-electron chi connectivity index (χ4n) is 2.28. The molecule has 0 bridgehead atoms. The van der Waals surface area contributed by atoms with Gasteiger partial charge >= 0.3 is 0 Å². The van der Waals surface area contributed by atoms with Crippen molar-refractivity contribution in [1.29, 1.82) is 0 Å². The third kappa shape index (κ3) is 6.54. The number of non-ortho nitro benzene ring substituents is 1. The molecule has 2 aromatic carbocycles. The van der Waals surface area contributed by atoms with E-state index in [1.807, 2.05) is 0 Å². The number of nitro groups is 1. The van der Waals surface area contributed by atoms with Crippen molar-refractivity contribution < 1.29 is 14.5 Å². The predicted octanol–water partition coefficient (Wildman–Crippen LogP) is 3.38. The van der Waals surface area contributed by atoms with Crippen LogP contribution in [0.1, 0.15) is 22.3 Å². The Labute approximate surface area is 165 Å². The van der Waals surface area contributed by atoms with Gasteiger partial charge in [0.25, 0.3) is 11.6 Å². The molecule has 0 aliphatic carbocycles. The van der Waals surface area contributed by atoms with Crippen LogP contribution in [-0.2, 0) is 11.2 Å². The summed E-state index contributed by atoms with van der Waals surface area (Å²) in [4.78, 5) is 33.8. The van der Waals surface area contributed by atoms with Crippen LogP contribution in [0.25, 0.3) is 0 Å². The molecule has 0 aromatic heterocycles. The van der Waals surface area contributed by atoms with Gasteiger partial charge in [-0.3, -0.25) is 19.7 Å². The van der Waals surface area contributed by atoms with E-state index in [0.717, 1.165) is 5.56 Å². The third-order valence-corrected chi connectivity index (χ3v) is 4.30. The number of hydrogen-bond acceptors (Lipinski definition) is 4. The Hall–Kier alpha value is -2.64. The normalized spacial score (nSPS) is 10.3. The summed E-state index contributed by atoms with van der Waals surface area (Å²) in [6, 6.07) is 10.4. The van der Waals surface area contributed by atoms with E-state index in [4.69, 9.17) is 23.2 Å². The van der Waals surface area contributed by atoms with Crippen molar-refractivity contribution in [2.24, 2.45) is 0 Å². The van der Waals surface area contributed by atoms with Crippen molar-refractivity contribution in [2.45, 2.75) is 12.8 Å². The smallest absolute Gasteiger partial charge is 0.269 e. The Bertz CT molecular complexity index is 841. The number of carbonyl (C=O) groups is 2. The van der Waals surface area contributed by atoms with Gasteiger partial charge in [0.2, 0.25) is 5.91 Å². The lowest BCUT2D eigenvalue weighted by Gasteiger charge is -2.08. The first-order chi connectivity index (χ1) is 12.9. The Balaban J connectivity index is 1.69. The molecule has 0 aliphatic heterocycles. The van der Waals surface area contributed by atoms with Gasteiger partial charge in [-0.2, -0.15) is 0 Å². The molecule has 0 unspecified atom stereocenters. The Kier molecular flexibility index (Phi) is 7.57. The minimum Gasteiger partial charge on any atom is -0.356 e. The molecule has 0 aliphatic rings. The molecule has 2 amide bonds. The lowest BCUT2D eigenvalue weighted by atomic mass is 10.1. The first kappa shape index (κ1) is 20.7. The number of rotatable bonds is 8. The van der Waals surface area contributed by atoms with Crippen LogP contribution >= 0.6 is 23.2 Å². The van der Waals surface area contributed by atoms with E-state index >= 15 is 0 Å². The highest BCUT2D eigenvalue weighted by molar-refractivity contribution is 6.35. The summed E-state index contributed by atoms with van der Waals surface area (Å²) in [5.74, 6) is -0.602. The molecule has 7 nitrogen and oxygen atoms in total. The van der Waals surface area contributed by atoms with Crippen LogP contribution in [0.3, 0.4) is 0 Å². The van der Waals surface area contributed by atoms with Crippen molar-refractivity contribution in [3.8, 4) is 0 Å². The maximum Gasteiger partial charge on any atom is 0.269 e. The monoisotopic (exact) mass is 409 g/mol. The fourth-order valence-corrected chi connectivity index (χ4v) is 2.78. The Morgan fingerprint density at radius 1 is 1.00 bits per heavy atom. The van der Waals surface area contributed by atoms with Gasteiger partial charge in [-0.15, -0.1) is 0 Å². The van der Waals surface area contributed by atoms with E-state index in [1.54, 1.807) is 18.2 Å². The first-order valence-corrected chi connectivity index (χ1v) is 8.85. The summed E-state index contributed by atoms with van der Waals surface area (Å²) >= 11 is 11.9. The lowest BCUT2D eigenvalue weighted by molar-refractivity contribution is -0.384. The Morgan fingerprint density at radius 3 is 2.33 bits per heavy atom. The van der Waals surface area contributed by atoms with Gasteiger partial charge in [-0.05, 0) is 36.2 Å². The maximum absolute atomic E-state index is 11.9. The van der Waals surface area contributed by atoms with E-state index in [2.05, 4.69) is 10.6 Å². The number of nitrogens with zero attached hydrogens (tertiary/aromatic N) is 1. The van der Waals surface area contributed by atoms with Crippen LogP contribution in [0.15, 0.2) is 42.5 Å². The second-order valence-corrected chi connectivity index (χ2v) is 6.49. The third-order valence-electron chi connectivity index (χ3n) is 3.71. The van der Waals surface area contributed by atoms with Gasteiger partial charge in [0.15, 0.2) is 0 Å². The van der Waals surface area contributed by atoms with Crippen molar-refractivity contribution in [3.05, 3.63) is 73.8 Å². The van der Waals surface area contributed by atoms with E-state index < -0.39 is 10.8 Å². The molecule has 0 atom stereocenters. The first-order valence-electron chi connectivity index (χ1n) is 8.10. The molecule has 0 spiro atoms. The topological polar surface area (TPSA) is 101 Å². The Morgan fingerprint density at radius 2 is 1.70 bits per heavy atom. The number of amides is 2. The molecule has 142 valence electrons. The summed E-state index contributed by atoms with van der Waals surface area (Å²) in [6.07, 6.45) is 0.684. The highest BCUT2D eigenvalue weighted by atomic mass is 35.5. The average molecular weight is 410 g/mol. The number of nitro benzene ring substituents is 1. The highest BCUT2D eigenvalue weighted by Crippen LogP contribution is 2.21. The molecule has 0 saturated carbocycles. The molecule has 0 radical (unpaired) electrons. The summed E-state index contributed by atoms with van der Waals surface area (Å²) in [7, 11) is 0. The molecular formula is C18H17Cl2N3O4. The predicted molar refractivity (Wildman–Crippen MR) is 103 cm³/mol. The molecule has 2 rings (SSSR count). The quantitative estimate of drug-likeness (QED) is 0.515. The van der Waals surface area contributed by atoms with Gasteiger partial charge in [-0.25, -0.2) is 0 Å². The van der Waals surface area contributed by atoms with Crippen molar-refractivity contribution >= 4 is 40.7 Å². The van der Waals surface area contributed by atoms with Gasteiger partial charge in [0, 0.05) is 47.3 Å². The SMILES string of the molecule is O=C(CCNC(=O)c1ccc([N+](=O)[O-])cc1)NCCc1ccc(Cl)cc1Cl. The number of carbonyl (C=O) groups excluding carboxylic acids is 2. The van der Waals surface area contributed by atoms with Gasteiger partial charge in [-0.1, -0.05) is 29.3 Å². The summed E-state index contributed by atoms with van der Waals surface area (Å²) < 4.78 is 0. The van der Waals surface area contributed by atoms with Gasteiger partial charge < -0.3 is 10.6 Å². The number of halogens is 2. The minimum absolute atomic E-state index is 0.0910. The fraction of sp³-hybridized carbons (Fsp3) is 0.222. The molecule has 9 heteroatoms. The second kappa shape index (κ2) is 9.89. The summed E-state index contributed by atoms with van der Waals surface area (Å²) in [5.41, 5.74) is 1.08. The molecule has 2 N–H and O–H groups in total. The van der Waals surface area contributed by atoms with E-state index in [-0.39, 0.29) is 24.6 Å². The van der Waals surface area contributed by atoms with E-state index in [9.17, 15) is 19.7 Å². The average Bonchev–Trinajstić information content (AvgIpc) is 2.63. The highest BCUT2D eigenvalue weighted by Gasteiger charge is 2.10.